The van der Waals surface area contributed by atoms with Crippen LogP contribution in [-0.2, 0) is 6.61 Å². The molecule has 0 bridgehead atoms. The van der Waals surface area contributed by atoms with Crippen LogP contribution in [-0.4, -0.2) is 12.2 Å². The van der Waals surface area contributed by atoms with Gasteiger partial charge in [-0.15, -0.1) is 5.10 Å². The quantitative estimate of drug-likeness (QED) is 0.476. The van der Waals surface area contributed by atoms with E-state index in [2.05, 4.69) is 10.2 Å². The summed E-state index contributed by atoms with van der Waals surface area (Å²) in [4.78, 5) is 0. The van der Waals surface area contributed by atoms with Crippen molar-refractivity contribution in [3.63, 3.8) is 0 Å². The fraction of sp³-hybridized carbons (Fsp3) is 0.0667. The molecule has 4 N–H and O–H groups in total. The van der Waals surface area contributed by atoms with E-state index in [0.717, 1.165) is 0 Å². The van der Waals surface area contributed by atoms with Crippen LogP contribution in [0, 0.1) is 0 Å². The highest BCUT2D eigenvalue weighted by Crippen LogP contribution is 2.27. The first-order valence-corrected chi connectivity index (χ1v) is 7.58. The van der Waals surface area contributed by atoms with E-state index in [-0.39, 0.29) is 12.6 Å². The SMILES string of the molecule is NC(N)=NN=Cc1cc(Cl)ccc1OCc1c(Cl)cccc1Cl. The molecule has 8 heteroatoms. The van der Waals surface area contributed by atoms with Crippen molar-refractivity contribution in [1.29, 1.82) is 0 Å². The average Bonchev–Trinajstić information content (AvgIpc) is 2.48. The lowest BCUT2D eigenvalue weighted by Gasteiger charge is -2.11. The van der Waals surface area contributed by atoms with Crippen molar-refractivity contribution in [2.75, 3.05) is 0 Å². The normalized spacial score (nSPS) is 10.7. The number of hydrogen-bond acceptors (Lipinski definition) is 3. The fourth-order valence-corrected chi connectivity index (χ4v) is 2.42. The van der Waals surface area contributed by atoms with Gasteiger partial charge in [0, 0.05) is 26.2 Å². The number of ether oxygens (including phenoxy) is 1. The highest BCUT2D eigenvalue weighted by molar-refractivity contribution is 6.36. The summed E-state index contributed by atoms with van der Waals surface area (Å²) >= 11 is 18.2. The van der Waals surface area contributed by atoms with E-state index in [0.29, 0.717) is 31.9 Å². The Morgan fingerprint density at radius 3 is 2.43 bits per heavy atom. The highest BCUT2D eigenvalue weighted by atomic mass is 35.5. The van der Waals surface area contributed by atoms with Gasteiger partial charge in [-0.3, -0.25) is 0 Å². The Morgan fingerprint density at radius 2 is 1.78 bits per heavy atom. The number of guanidine groups is 1. The van der Waals surface area contributed by atoms with Crippen LogP contribution in [0.1, 0.15) is 11.1 Å². The zero-order valence-electron chi connectivity index (χ0n) is 11.8. The molecule has 120 valence electrons. The summed E-state index contributed by atoms with van der Waals surface area (Å²) in [7, 11) is 0. The van der Waals surface area contributed by atoms with Gasteiger partial charge < -0.3 is 16.2 Å². The molecule has 0 unspecified atom stereocenters. The largest absolute Gasteiger partial charge is 0.488 e. The Bertz CT molecular complexity index is 738. The summed E-state index contributed by atoms with van der Waals surface area (Å²) in [5.74, 6) is 0.397. The molecule has 2 rings (SSSR count). The van der Waals surface area contributed by atoms with E-state index in [1.807, 2.05) is 0 Å². The number of nitrogens with zero attached hydrogens (tertiary/aromatic N) is 2. The van der Waals surface area contributed by atoms with E-state index in [1.165, 1.54) is 6.21 Å². The Morgan fingerprint density at radius 1 is 1.09 bits per heavy atom. The lowest BCUT2D eigenvalue weighted by Crippen LogP contribution is -2.21. The smallest absolute Gasteiger partial charge is 0.211 e. The number of benzene rings is 2. The second-order valence-electron chi connectivity index (χ2n) is 4.44. The molecule has 0 saturated carbocycles. The van der Waals surface area contributed by atoms with Gasteiger partial charge in [-0.1, -0.05) is 40.9 Å². The minimum absolute atomic E-state index is 0.145. The number of rotatable bonds is 5. The molecule has 0 heterocycles. The van der Waals surface area contributed by atoms with Crippen molar-refractivity contribution in [2.45, 2.75) is 6.61 Å². The van der Waals surface area contributed by atoms with Crippen molar-refractivity contribution < 1.29 is 4.74 Å². The zero-order valence-corrected chi connectivity index (χ0v) is 14.1. The van der Waals surface area contributed by atoms with E-state index < -0.39 is 0 Å². The molecule has 0 radical (unpaired) electrons. The molecule has 0 fully saturated rings. The fourth-order valence-electron chi connectivity index (χ4n) is 1.73. The molecule has 0 aliphatic carbocycles. The number of nitrogens with two attached hydrogens (primary N) is 2. The van der Waals surface area contributed by atoms with Crippen LogP contribution in [0.25, 0.3) is 0 Å². The maximum absolute atomic E-state index is 6.12. The molecule has 23 heavy (non-hydrogen) atoms. The van der Waals surface area contributed by atoms with Gasteiger partial charge in [-0.25, -0.2) is 0 Å². The Hall–Kier alpha value is -1.95. The monoisotopic (exact) mass is 370 g/mol. The van der Waals surface area contributed by atoms with Gasteiger partial charge in [0.2, 0.25) is 5.96 Å². The predicted octanol–water partition coefficient (Wildman–Crippen LogP) is 3.83. The maximum Gasteiger partial charge on any atom is 0.211 e. The van der Waals surface area contributed by atoms with Crippen LogP contribution in [0.15, 0.2) is 46.6 Å². The van der Waals surface area contributed by atoms with Crippen molar-refractivity contribution in [1.82, 2.24) is 0 Å². The van der Waals surface area contributed by atoms with E-state index in [1.54, 1.807) is 36.4 Å². The van der Waals surface area contributed by atoms with Crippen LogP contribution in [0.3, 0.4) is 0 Å². The molecule has 0 spiro atoms. The molecule has 0 aliphatic rings. The molecule has 2 aromatic carbocycles. The summed E-state index contributed by atoms with van der Waals surface area (Å²) in [6.45, 7) is 0.198. The van der Waals surface area contributed by atoms with Crippen molar-refractivity contribution >= 4 is 47.0 Å². The Kier molecular flexibility index (Phi) is 6.10. The summed E-state index contributed by atoms with van der Waals surface area (Å²) in [5.41, 5.74) is 11.7. The maximum atomic E-state index is 6.12. The summed E-state index contributed by atoms with van der Waals surface area (Å²) < 4.78 is 5.77. The minimum atomic E-state index is -0.145. The number of hydrogen-bond donors (Lipinski definition) is 2. The second-order valence-corrected chi connectivity index (χ2v) is 5.69. The minimum Gasteiger partial charge on any atom is -0.488 e. The lowest BCUT2D eigenvalue weighted by molar-refractivity contribution is 0.306. The van der Waals surface area contributed by atoms with Crippen LogP contribution in [0.2, 0.25) is 15.1 Å². The molecule has 0 atom stereocenters. The van der Waals surface area contributed by atoms with Crippen molar-refractivity contribution in [2.24, 2.45) is 21.7 Å². The summed E-state index contributed by atoms with van der Waals surface area (Å²) in [6.07, 6.45) is 1.44. The molecule has 0 saturated heterocycles. The molecule has 2 aromatic rings. The summed E-state index contributed by atoms with van der Waals surface area (Å²) in [6, 6.07) is 10.3. The van der Waals surface area contributed by atoms with Crippen LogP contribution in [0.5, 0.6) is 5.75 Å². The topological polar surface area (TPSA) is 86.0 Å². The lowest BCUT2D eigenvalue weighted by atomic mass is 10.2. The molecule has 5 nitrogen and oxygen atoms in total. The van der Waals surface area contributed by atoms with Gasteiger partial charge in [0.15, 0.2) is 0 Å². The second kappa shape index (κ2) is 8.06. The molecular formula is C15H13Cl3N4O. The van der Waals surface area contributed by atoms with E-state index in [4.69, 9.17) is 51.0 Å². The summed E-state index contributed by atoms with van der Waals surface area (Å²) in [5, 5.41) is 8.88. The van der Waals surface area contributed by atoms with Gasteiger partial charge in [0.1, 0.15) is 12.4 Å². The van der Waals surface area contributed by atoms with E-state index in [9.17, 15) is 0 Å². The molecule has 0 aliphatic heterocycles. The van der Waals surface area contributed by atoms with Gasteiger partial charge in [-0.2, -0.15) is 5.10 Å². The third kappa shape index (κ3) is 5.03. The van der Waals surface area contributed by atoms with Gasteiger partial charge >= 0.3 is 0 Å². The zero-order chi connectivity index (χ0) is 16.8. The van der Waals surface area contributed by atoms with Crippen molar-refractivity contribution in [3.05, 3.63) is 62.6 Å². The Balaban J connectivity index is 2.23. The first kappa shape index (κ1) is 17.4. The van der Waals surface area contributed by atoms with Gasteiger partial charge in [-0.05, 0) is 30.3 Å². The highest BCUT2D eigenvalue weighted by Gasteiger charge is 2.08. The van der Waals surface area contributed by atoms with Crippen molar-refractivity contribution in [3.8, 4) is 5.75 Å². The van der Waals surface area contributed by atoms with Crippen LogP contribution < -0.4 is 16.2 Å². The third-order valence-corrected chi connectivity index (χ3v) is 3.72. The Labute approximate surface area is 148 Å². The van der Waals surface area contributed by atoms with Gasteiger partial charge in [0.05, 0.1) is 6.21 Å². The number of halogens is 3. The van der Waals surface area contributed by atoms with E-state index >= 15 is 0 Å². The van der Waals surface area contributed by atoms with Gasteiger partial charge in [0.25, 0.3) is 0 Å². The third-order valence-electron chi connectivity index (χ3n) is 2.78. The molecule has 0 aromatic heterocycles. The average molecular weight is 372 g/mol. The first-order valence-electron chi connectivity index (χ1n) is 6.44. The predicted molar refractivity (Wildman–Crippen MR) is 95.6 cm³/mol. The standard InChI is InChI=1S/C15H13Cl3N4O/c16-10-4-5-14(9(6-10)7-21-22-15(19)20)23-8-11-12(17)2-1-3-13(11)18/h1-7H,8H2,(H4,19,20,22). The molecular weight excluding hydrogens is 359 g/mol. The molecule has 0 amide bonds. The first-order chi connectivity index (χ1) is 11.0. The van der Waals surface area contributed by atoms with Crippen LogP contribution >= 0.6 is 34.8 Å². The van der Waals surface area contributed by atoms with Crippen LogP contribution in [0.4, 0.5) is 0 Å².